The molecule has 9 nitrogen and oxygen atoms in total. The molecule has 0 aromatic carbocycles. The monoisotopic (exact) mass is 416 g/mol. The SMILES string of the molecule is Fc1cncc(-c2cc3c(-c4nc5nccc(N6CCOCC6)c5[nH]4)n[nH]c3cn2)c1. The zero-order chi connectivity index (χ0) is 20.8. The maximum Gasteiger partial charge on any atom is 0.180 e. The van der Waals surface area contributed by atoms with Gasteiger partial charge in [-0.05, 0) is 18.2 Å². The highest BCUT2D eigenvalue weighted by Crippen LogP contribution is 2.31. The van der Waals surface area contributed by atoms with Crippen LogP contribution in [0.5, 0.6) is 0 Å². The van der Waals surface area contributed by atoms with Crippen LogP contribution in [0.2, 0.25) is 0 Å². The number of nitrogens with zero attached hydrogens (tertiary/aromatic N) is 6. The second-order valence-corrected chi connectivity index (χ2v) is 7.29. The number of H-pyrrole nitrogens is 2. The summed E-state index contributed by atoms with van der Waals surface area (Å²) in [6.07, 6.45) is 6.18. The zero-order valence-corrected chi connectivity index (χ0v) is 16.3. The lowest BCUT2D eigenvalue weighted by atomic mass is 10.1. The number of hydrogen-bond donors (Lipinski definition) is 2. The summed E-state index contributed by atoms with van der Waals surface area (Å²) in [6, 6.07) is 5.24. The average molecular weight is 416 g/mol. The maximum absolute atomic E-state index is 13.6. The number of fused-ring (bicyclic) bond motifs is 2. The van der Waals surface area contributed by atoms with E-state index in [4.69, 9.17) is 4.74 Å². The quantitative estimate of drug-likeness (QED) is 0.465. The Balaban J connectivity index is 1.46. The third kappa shape index (κ3) is 3.08. The fourth-order valence-corrected chi connectivity index (χ4v) is 3.88. The lowest BCUT2D eigenvalue weighted by Crippen LogP contribution is -2.36. The predicted molar refractivity (Wildman–Crippen MR) is 113 cm³/mol. The van der Waals surface area contributed by atoms with Crippen LogP contribution in [0.25, 0.3) is 44.8 Å². The number of anilines is 1. The topological polar surface area (TPSA) is 109 Å². The molecule has 0 saturated carbocycles. The Bertz CT molecular complexity index is 1410. The second-order valence-electron chi connectivity index (χ2n) is 7.29. The van der Waals surface area contributed by atoms with E-state index in [0.717, 1.165) is 35.2 Å². The van der Waals surface area contributed by atoms with Gasteiger partial charge in [-0.1, -0.05) is 0 Å². The number of imidazole rings is 1. The van der Waals surface area contributed by atoms with Crippen molar-refractivity contribution < 1.29 is 9.13 Å². The minimum atomic E-state index is -0.411. The first kappa shape index (κ1) is 17.9. The smallest absolute Gasteiger partial charge is 0.180 e. The van der Waals surface area contributed by atoms with Gasteiger partial charge in [-0.15, -0.1) is 0 Å². The van der Waals surface area contributed by atoms with Gasteiger partial charge in [-0.2, -0.15) is 5.10 Å². The summed E-state index contributed by atoms with van der Waals surface area (Å²) in [4.78, 5) is 23.1. The first-order valence-corrected chi connectivity index (χ1v) is 9.89. The fourth-order valence-electron chi connectivity index (χ4n) is 3.88. The molecule has 0 atom stereocenters. The predicted octanol–water partition coefficient (Wildman–Crippen LogP) is 2.93. The Kier molecular flexibility index (Phi) is 4.10. The molecule has 2 N–H and O–H groups in total. The molecule has 6 rings (SSSR count). The van der Waals surface area contributed by atoms with Crippen molar-refractivity contribution in [3.8, 4) is 22.8 Å². The van der Waals surface area contributed by atoms with E-state index >= 15 is 0 Å². The van der Waals surface area contributed by atoms with E-state index in [-0.39, 0.29) is 0 Å². The Labute approximate surface area is 175 Å². The third-order valence-electron chi connectivity index (χ3n) is 5.39. The molecule has 0 amide bonds. The highest BCUT2D eigenvalue weighted by molar-refractivity contribution is 5.95. The highest BCUT2D eigenvalue weighted by Gasteiger charge is 2.19. The van der Waals surface area contributed by atoms with Crippen LogP contribution in [0, 0.1) is 5.82 Å². The molecule has 5 aromatic rings. The van der Waals surface area contributed by atoms with Gasteiger partial charge in [0.25, 0.3) is 0 Å². The standard InChI is InChI=1S/C21H17FN8O/c22-13-7-12(9-23-10-13)15-8-14-16(11-25-15)28-29-18(14)21-26-19-17(1-2-24-20(19)27-21)30-3-5-31-6-4-30/h1-2,7-11H,3-6H2,(H,28,29)(H,24,26,27). The number of rotatable bonds is 3. The molecule has 0 radical (unpaired) electrons. The number of hydrogen-bond acceptors (Lipinski definition) is 7. The Morgan fingerprint density at radius 2 is 1.97 bits per heavy atom. The first-order valence-electron chi connectivity index (χ1n) is 9.89. The van der Waals surface area contributed by atoms with Crippen LogP contribution in [0.3, 0.4) is 0 Å². The molecule has 0 bridgehead atoms. The van der Waals surface area contributed by atoms with Gasteiger partial charge < -0.3 is 14.6 Å². The van der Waals surface area contributed by atoms with Gasteiger partial charge in [0.15, 0.2) is 11.5 Å². The molecular formula is C21H17FN8O. The van der Waals surface area contributed by atoms with E-state index in [0.29, 0.717) is 41.6 Å². The van der Waals surface area contributed by atoms with Gasteiger partial charge in [0, 0.05) is 36.4 Å². The summed E-state index contributed by atoms with van der Waals surface area (Å²) in [5, 5.41) is 8.26. The second kappa shape index (κ2) is 7.10. The van der Waals surface area contributed by atoms with Crippen LogP contribution in [-0.2, 0) is 4.74 Å². The molecule has 1 aliphatic rings. The molecule has 5 aromatic heterocycles. The summed E-state index contributed by atoms with van der Waals surface area (Å²) >= 11 is 0. The van der Waals surface area contributed by atoms with E-state index in [9.17, 15) is 4.39 Å². The highest BCUT2D eigenvalue weighted by atomic mass is 19.1. The van der Waals surface area contributed by atoms with Crippen molar-refractivity contribution in [3.05, 3.63) is 48.8 Å². The first-order chi connectivity index (χ1) is 15.3. The van der Waals surface area contributed by atoms with Crippen LogP contribution < -0.4 is 4.90 Å². The van der Waals surface area contributed by atoms with E-state index in [1.54, 1.807) is 18.6 Å². The summed E-state index contributed by atoms with van der Waals surface area (Å²) in [5.74, 6) is 0.190. The summed E-state index contributed by atoms with van der Waals surface area (Å²) in [7, 11) is 0. The lowest BCUT2D eigenvalue weighted by molar-refractivity contribution is 0.123. The largest absolute Gasteiger partial charge is 0.378 e. The molecule has 0 unspecified atom stereocenters. The summed E-state index contributed by atoms with van der Waals surface area (Å²) in [5.41, 5.74) is 5.12. The van der Waals surface area contributed by atoms with Gasteiger partial charge in [0.2, 0.25) is 0 Å². The molecule has 31 heavy (non-hydrogen) atoms. The normalized spacial score (nSPS) is 14.5. The molecule has 1 fully saturated rings. The van der Waals surface area contributed by atoms with Gasteiger partial charge in [0.1, 0.15) is 17.0 Å². The lowest BCUT2D eigenvalue weighted by Gasteiger charge is -2.28. The number of nitrogens with one attached hydrogen (secondary N) is 2. The van der Waals surface area contributed by atoms with Gasteiger partial charge in [-0.25, -0.2) is 14.4 Å². The van der Waals surface area contributed by atoms with Crippen molar-refractivity contribution in [2.24, 2.45) is 0 Å². The molecule has 154 valence electrons. The molecule has 1 saturated heterocycles. The van der Waals surface area contributed by atoms with Crippen LogP contribution in [0.1, 0.15) is 0 Å². The average Bonchev–Trinajstić information content (AvgIpc) is 3.43. The molecule has 6 heterocycles. The fraction of sp³-hybridized carbons (Fsp3) is 0.190. The van der Waals surface area contributed by atoms with Crippen LogP contribution in [0.4, 0.5) is 10.1 Å². The Morgan fingerprint density at radius 1 is 1.06 bits per heavy atom. The van der Waals surface area contributed by atoms with E-state index in [1.165, 1.54) is 12.3 Å². The third-order valence-corrected chi connectivity index (χ3v) is 5.39. The van der Waals surface area contributed by atoms with Gasteiger partial charge >= 0.3 is 0 Å². The van der Waals surface area contributed by atoms with Crippen molar-refractivity contribution in [2.45, 2.75) is 0 Å². The maximum atomic E-state index is 13.6. The minimum absolute atomic E-state index is 0.411. The number of aromatic amines is 2. The van der Waals surface area contributed by atoms with Crippen molar-refractivity contribution in [3.63, 3.8) is 0 Å². The minimum Gasteiger partial charge on any atom is -0.378 e. The van der Waals surface area contributed by atoms with Crippen molar-refractivity contribution in [2.75, 3.05) is 31.2 Å². The van der Waals surface area contributed by atoms with E-state index < -0.39 is 5.82 Å². The van der Waals surface area contributed by atoms with Crippen LogP contribution in [0.15, 0.2) is 43.0 Å². The van der Waals surface area contributed by atoms with Crippen molar-refractivity contribution in [1.82, 2.24) is 35.1 Å². The zero-order valence-electron chi connectivity index (χ0n) is 16.3. The van der Waals surface area contributed by atoms with Crippen molar-refractivity contribution in [1.29, 1.82) is 0 Å². The Hall–Kier alpha value is -3.92. The molecule has 1 aliphatic heterocycles. The molecule has 0 aliphatic carbocycles. The van der Waals surface area contributed by atoms with E-state index in [1.807, 2.05) is 12.1 Å². The number of halogens is 1. The molecule has 0 spiro atoms. The van der Waals surface area contributed by atoms with Crippen molar-refractivity contribution >= 4 is 27.8 Å². The number of pyridine rings is 3. The Morgan fingerprint density at radius 3 is 2.84 bits per heavy atom. The number of aromatic nitrogens is 7. The van der Waals surface area contributed by atoms with Crippen LogP contribution in [-0.4, -0.2) is 61.4 Å². The van der Waals surface area contributed by atoms with Gasteiger partial charge in [0.05, 0.1) is 42.5 Å². The van der Waals surface area contributed by atoms with Gasteiger partial charge in [-0.3, -0.25) is 15.1 Å². The summed E-state index contributed by atoms with van der Waals surface area (Å²) < 4.78 is 19.1. The molecule has 10 heteroatoms. The number of ether oxygens (including phenoxy) is 1. The van der Waals surface area contributed by atoms with Crippen LogP contribution >= 0.6 is 0 Å². The summed E-state index contributed by atoms with van der Waals surface area (Å²) in [6.45, 7) is 3.02. The number of morpholine rings is 1. The van der Waals surface area contributed by atoms with E-state index in [2.05, 4.69) is 40.0 Å². The molecular weight excluding hydrogens is 399 g/mol.